The molecular weight excluding hydrogens is 438 g/mol. The maximum atomic E-state index is 8.08. The van der Waals surface area contributed by atoms with E-state index in [1.54, 1.807) is 18.2 Å². The average Bonchev–Trinajstić information content (AvgIpc) is 2.90. The van der Waals surface area contributed by atoms with Crippen molar-refractivity contribution in [2.24, 2.45) is 11.5 Å². The summed E-state index contributed by atoms with van der Waals surface area (Å²) in [4.78, 5) is 15.9. The van der Waals surface area contributed by atoms with E-state index in [0.717, 1.165) is 33.6 Å². The lowest BCUT2D eigenvalue weighted by molar-refractivity contribution is 0.402. The number of hydrogen-bond acceptors (Lipinski definition) is 6. The van der Waals surface area contributed by atoms with Crippen molar-refractivity contribution in [3.63, 3.8) is 0 Å². The molecule has 178 valence electrons. The van der Waals surface area contributed by atoms with Gasteiger partial charge in [0, 0.05) is 37.1 Å². The predicted molar refractivity (Wildman–Crippen MR) is 140 cm³/mol. The fraction of sp³-hybridized carbons (Fsp3) is 0.185. The summed E-state index contributed by atoms with van der Waals surface area (Å²) >= 11 is 0. The van der Waals surface area contributed by atoms with Gasteiger partial charge in [-0.05, 0) is 48.0 Å². The van der Waals surface area contributed by atoms with Gasteiger partial charge < -0.3 is 21.1 Å². The lowest BCUT2D eigenvalue weighted by atomic mass is 9.92. The minimum atomic E-state index is -0.189. The highest BCUT2D eigenvalue weighted by Crippen LogP contribution is 2.32. The van der Waals surface area contributed by atoms with Crippen molar-refractivity contribution in [3.8, 4) is 5.75 Å². The van der Waals surface area contributed by atoms with Crippen LogP contribution in [0.15, 0.2) is 72.9 Å². The zero-order chi connectivity index (χ0) is 24.6. The predicted octanol–water partition coefficient (Wildman–Crippen LogP) is 3.49. The second kappa shape index (κ2) is 11.2. The highest BCUT2D eigenvalue weighted by atomic mass is 16.5. The van der Waals surface area contributed by atoms with E-state index < -0.39 is 0 Å². The molecule has 4 rings (SSSR count). The molecule has 2 heterocycles. The van der Waals surface area contributed by atoms with Crippen LogP contribution in [0.3, 0.4) is 0 Å². The van der Waals surface area contributed by atoms with Gasteiger partial charge in [0.05, 0.1) is 24.0 Å². The number of methoxy groups -OCH3 is 1. The van der Waals surface area contributed by atoms with Gasteiger partial charge in [-0.3, -0.25) is 10.4 Å². The highest BCUT2D eigenvalue weighted by molar-refractivity contribution is 5.85. The second-order valence-corrected chi connectivity index (χ2v) is 8.02. The Balaban J connectivity index is 1.88. The molecule has 0 amide bonds. The average molecular weight is 468 g/mol. The van der Waals surface area contributed by atoms with Gasteiger partial charge in [-0.2, -0.15) is 0 Å². The van der Waals surface area contributed by atoms with Crippen molar-refractivity contribution in [1.29, 1.82) is 5.41 Å². The first kappa shape index (κ1) is 23.8. The standard InChI is InChI=1S/C27H29N7O/c1-35-21-11-12-24-22(17-21)26(33-25(32-24)13-10-20-9-5-6-15-31-20)23(19-7-3-2-4-8-19)18-34(16-14-28)27(29)30/h2-13,15,17,23H,14,16,18,28H2,1H3,(H3,29,30). The fourth-order valence-electron chi connectivity index (χ4n) is 3.97. The van der Waals surface area contributed by atoms with Gasteiger partial charge in [-0.1, -0.05) is 36.4 Å². The number of pyridine rings is 1. The van der Waals surface area contributed by atoms with Crippen LogP contribution < -0.4 is 16.2 Å². The first-order chi connectivity index (χ1) is 17.1. The lowest BCUT2D eigenvalue weighted by Crippen LogP contribution is -2.42. The van der Waals surface area contributed by atoms with E-state index in [2.05, 4.69) is 17.1 Å². The zero-order valence-electron chi connectivity index (χ0n) is 19.6. The molecule has 0 aliphatic carbocycles. The summed E-state index contributed by atoms with van der Waals surface area (Å²) in [5.41, 5.74) is 15.2. The van der Waals surface area contributed by atoms with Gasteiger partial charge in [0.2, 0.25) is 0 Å². The van der Waals surface area contributed by atoms with Crippen LogP contribution >= 0.6 is 0 Å². The second-order valence-electron chi connectivity index (χ2n) is 8.02. The Hall–Kier alpha value is -4.30. The molecule has 0 saturated heterocycles. The Labute approximate surface area is 204 Å². The minimum Gasteiger partial charge on any atom is -0.497 e. The molecule has 0 spiro atoms. The molecule has 8 nitrogen and oxygen atoms in total. The molecule has 0 saturated carbocycles. The molecule has 0 aliphatic heterocycles. The third kappa shape index (κ3) is 5.80. The molecule has 0 radical (unpaired) electrons. The largest absolute Gasteiger partial charge is 0.497 e. The van der Waals surface area contributed by atoms with Crippen LogP contribution in [-0.4, -0.2) is 52.6 Å². The van der Waals surface area contributed by atoms with Crippen LogP contribution in [0.5, 0.6) is 5.75 Å². The topological polar surface area (TPSA) is 127 Å². The van der Waals surface area contributed by atoms with Gasteiger partial charge in [0.1, 0.15) is 5.75 Å². The molecule has 1 unspecified atom stereocenters. The third-order valence-electron chi connectivity index (χ3n) is 5.72. The van der Waals surface area contributed by atoms with Crippen LogP contribution in [-0.2, 0) is 0 Å². The van der Waals surface area contributed by atoms with Crippen molar-refractivity contribution < 1.29 is 4.74 Å². The summed E-state index contributed by atoms with van der Waals surface area (Å²) in [5.74, 6) is 1.07. The summed E-state index contributed by atoms with van der Waals surface area (Å²) in [6.07, 6.45) is 5.50. The molecule has 35 heavy (non-hydrogen) atoms. The van der Waals surface area contributed by atoms with Gasteiger partial charge in [-0.25, -0.2) is 9.97 Å². The molecule has 2 aromatic heterocycles. The highest BCUT2D eigenvalue weighted by Gasteiger charge is 2.23. The SMILES string of the molecule is COc1ccc2nc(C=Cc3ccccn3)nc(C(CN(CCN)C(=N)N)c3ccccc3)c2c1. The van der Waals surface area contributed by atoms with Crippen molar-refractivity contribution in [1.82, 2.24) is 19.9 Å². The number of nitrogens with one attached hydrogen (secondary N) is 1. The summed E-state index contributed by atoms with van der Waals surface area (Å²) in [5, 5.41) is 8.96. The molecule has 1 atom stereocenters. The maximum absolute atomic E-state index is 8.08. The number of benzene rings is 2. The van der Waals surface area contributed by atoms with Crippen molar-refractivity contribution in [3.05, 3.63) is 95.7 Å². The number of rotatable bonds is 9. The van der Waals surface area contributed by atoms with E-state index in [9.17, 15) is 0 Å². The van der Waals surface area contributed by atoms with Crippen LogP contribution in [0, 0.1) is 5.41 Å². The molecule has 0 bridgehead atoms. The van der Waals surface area contributed by atoms with Crippen LogP contribution in [0.4, 0.5) is 0 Å². The van der Waals surface area contributed by atoms with Crippen molar-refractivity contribution in [2.75, 3.05) is 26.7 Å². The normalized spacial score (nSPS) is 12.1. The number of hydrogen-bond donors (Lipinski definition) is 3. The van der Waals surface area contributed by atoms with Crippen LogP contribution in [0.1, 0.15) is 28.7 Å². The Morgan fingerprint density at radius 2 is 1.86 bits per heavy atom. The van der Waals surface area contributed by atoms with Gasteiger partial charge >= 0.3 is 0 Å². The third-order valence-corrected chi connectivity index (χ3v) is 5.72. The number of fused-ring (bicyclic) bond motifs is 1. The first-order valence-corrected chi connectivity index (χ1v) is 11.4. The molecule has 8 heteroatoms. The number of guanidine groups is 1. The van der Waals surface area contributed by atoms with E-state index >= 15 is 0 Å². The monoisotopic (exact) mass is 467 g/mol. The Kier molecular flexibility index (Phi) is 7.64. The number of aromatic nitrogens is 3. The summed E-state index contributed by atoms with van der Waals surface area (Å²) in [6, 6.07) is 21.6. The van der Waals surface area contributed by atoms with E-state index in [1.165, 1.54) is 0 Å². The summed E-state index contributed by atoms with van der Waals surface area (Å²) < 4.78 is 5.50. The molecular formula is C27H29N7O. The summed E-state index contributed by atoms with van der Waals surface area (Å²) in [6.45, 7) is 1.30. The van der Waals surface area contributed by atoms with Crippen molar-refractivity contribution >= 4 is 29.0 Å². The molecule has 4 aromatic rings. The first-order valence-electron chi connectivity index (χ1n) is 11.4. The minimum absolute atomic E-state index is 0.0254. The fourth-order valence-corrected chi connectivity index (χ4v) is 3.97. The van der Waals surface area contributed by atoms with E-state index in [-0.39, 0.29) is 11.9 Å². The van der Waals surface area contributed by atoms with Crippen LogP contribution in [0.2, 0.25) is 0 Å². The Morgan fingerprint density at radius 3 is 2.54 bits per heavy atom. The molecule has 0 aliphatic rings. The van der Waals surface area contributed by atoms with E-state index in [1.807, 2.05) is 66.7 Å². The Bertz CT molecular complexity index is 1310. The van der Waals surface area contributed by atoms with E-state index in [0.29, 0.717) is 25.5 Å². The molecule has 2 aromatic carbocycles. The van der Waals surface area contributed by atoms with E-state index in [4.69, 9.17) is 31.6 Å². The number of nitrogens with zero attached hydrogens (tertiary/aromatic N) is 4. The Morgan fingerprint density at radius 1 is 1.06 bits per heavy atom. The smallest absolute Gasteiger partial charge is 0.188 e. The van der Waals surface area contributed by atoms with Gasteiger partial charge in [0.15, 0.2) is 11.8 Å². The number of nitrogens with two attached hydrogens (primary N) is 2. The maximum Gasteiger partial charge on any atom is 0.188 e. The van der Waals surface area contributed by atoms with Crippen molar-refractivity contribution in [2.45, 2.75) is 5.92 Å². The number of ether oxygens (including phenoxy) is 1. The zero-order valence-corrected chi connectivity index (χ0v) is 19.6. The lowest BCUT2D eigenvalue weighted by Gasteiger charge is -2.28. The quantitative estimate of drug-likeness (QED) is 0.254. The van der Waals surface area contributed by atoms with Gasteiger partial charge in [-0.15, -0.1) is 0 Å². The summed E-state index contributed by atoms with van der Waals surface area (Å²) in [7, 11) is 1.64. The van der Waals surface area contributed by atoms with Gasteiger partial charge in [0.25, 0.3) is 0 Å². The molecule has 5 N–H and O–H groups in total. The van der Waals surface area contributed by atoms with Crippen LogP contribution in [0.25, 0.3) is 23.1 Å². The molecule has 0 fully saturated rings.